The number of hydrogen-bond acceptors (Lipinski definition) is 3. The zero-order valence-corrected chi connectivity index (χ0v) is 9.45. The molecule has 1 saturated carbocycles. The van der Waals surface area contributed by atoms with Crippen molar-refractivity contribution in [2.45, 2.75) is 51.6 Å². The van der Waals surface area contributed by atoms with Gasteiger partial charge in [-0.05, 0) is 26.7 Å². The van der Waals surface area contributed by atoms with Gasteiger partial charge in [0.1, 0.15) is 0 Å². The van der Waals surface area contributed by atoms with E-state index >= 15 is 0 Å². The Bertz CT molecular complexity index is 245. The molecule has 0 aliphatic heterocycles. The Labute approximate surface area is 90.6 Å². The first-order valence-corrected chi connectivity index (χ1v) is 5.62. The average molecular weight is 212 g/mol. The molecule has 0 spiro atoms. The van der Waals surface area contributed by atoms with Gasteiger partial charge < -0.3 is 11.1 Å². The molecule has 1 rings (SSSR count). The van der Waals surface area contributed by atoms with Crippen LogP contribution in [0, 0.1) is 5.92 Å². The van der Waals surface area contributed by atoms with Crippen LogP contribution in [-0.4, -0.2) is 23.8 Å². The van der Waals surface area contributed by atoms with Gasteiger partial charge in [-0.15, -0.1) is 0 Å². The van der Waals surface area contributed by atoms with Gasteiger partial charge in [0, 0.05) is 5.92 Å². The van der Waals surface area contributed by atoms with Crippen molar-refractivity contribution in [3.8, 4) is 0 Å². The number of amides is 1. The summed E-state index contributed by atoms with van der Waals surface area (Å²) >= 11 is 0. The van der Waals surface area contributed by atoms with Gasteiger partial charge >= 0.3 is 0 Å². The van der Waals surface area contributed by atoms with E-state index in [9.17, 15) is 9.59 Å². The molecular weight excluding hydrogens is 192 g/mol. The highest BCUT2D eigenvalue weighted by molar-refractivity contribution is 5.91. The highest BCUT2D eigenvalue weighted by Crippen LogP contribution is 2.26. The molecule has 1 aliphatic rings. The largest absolute Gasteiger partial charge is 0.345 e. The molecule has 4 heteroatoms. The molecule has 1 fully saturated rings. The van der Waals surface area contributed by atoms with Crippen molar-refractivity contribution in [1.29, 1.82) is 0 Å². The lowest BCUT2D eigenvalue weighted by atomic mass is 9.97. The highest BCUT2D eigenvalue weighted by Gasteiger charge is 2.27. The third kappa shape index (κ3) is 3.30. The molecule has 86 valence electrons. The smallest absolute Gasteiger partial charge is 0.237 e. The number of hydrogen-bond donors (Lipinski definition) is 2. The number of Topliss-reactive ketones (excluding diaryl/α,β-unsaturated/α-hetero) is 1. The van der Waals surface area contributed by atoms with Crippen LogP contribution in [0.4, 0.5) is 0 Å². The Morgan fingerprint density at radius 3 is 2.27 bits per heavy atom. The molecule has 0 heterocycles. The third-order valence-corrected chi connectivity index (χ3v) is 2.96. The SMILES string of the molecule is CC(N)C(=O)NC(C)C(=O)C1CCCC1. The van der Waals surface area contributed by atoms with Crippen LogP contribution < -0.4 is 11.1 Å². The van der Waals surface area contributed by atoms with Crippen molar-refractivity contribution in [3.05, 3.63) is 0 Å². The first kappa shape index (κ1) is 12.2. The standard InChI is InChI=1S/C11H20N2O2/c1-7(12)11(15)13-8(2)10(14)9-5-3-4-6-9/h7-9H,3-6,12H2,1-2H3,(H,13,15). The second-order valence-electron chi connectivity index (χ2n) is 4.40. The minimum atomic E-state index is -0.552. The van der Waals surface area contributed by atoms with E-state index in [-0.39, 0.29) is 17.6 Å². The maximum Gasteiger partial charge on any atom is 0.237 e. The van der Waals surface area contributed by atoms with Gasteiger partial charge in [-0.2, -0.15) is 0 Å². The molecule has 1 aliphatic carbocycles. The van der Waals surface area contributed by atoms with E-state index in [4.69, 9.17) is 5.73 Å². The molecule has 0 aromatic carbocycles. The van der Waals surface area contributed by atoms with Crippen molar-refractivity contribution >= 4 is 11.7 Å². The van der Waals surface area contributed by atoms with Gasteiger partial charge in [-0.1, -0.05) is 12.8 Å². The lowest BCUT2D eigenvalue weighted by Crippen LogP contribution is -2.47. The zero-order chi connectivity index (χ0) is 11.4. The predicted molar refractivity (Wildman–Crippen MR) is 58.2 cm³/mol. The van der Waals surface area contributed by atoms with E-state index in [1.54, 1.807) is 13.8 Å². The molecule has 0 bridgehead atoms. The summed E-state index contributed by atoms with van der Waals surface area (Å²) in [7, 11) is 0. The summed E-state index contributed by atoms with van der Waals surface area (Å²) < 4.78 is 0. The normalized spacial score (nSPS) is 21.0. The van der Waals surface area contributed by atoms with Crippen LogP contribution in [0.25, 0.3) is 0 Å². The Kier molecular flexibility index (Phi) is 4.27. The molecule has 0 saturated heterocycles. The van der Waals surface area contributed by atoms with E-state index in [1.807, 2.05) is 0 Å². The van der Waals surface area contributed by atoms with Crippen LogP contribution in [0.3, 0.4) is 0 Å². The van der Waals surface area contributed by atoms with Crippen LogP contribution in [0.1, 0.15) is 39.5 Å². The van der Waals surface area contributed by atoms with E-state index in [0.29, 0.717) is 0 Å². The van der Waals surface area contributed by atoms with Crippen LogP contribution in [0.2, 0.25) is 0 Å². The van der Waals surface area contributed by atoms with Gasteiger partial charge in [0.25, 0.3) is 0 Å². The fourth-order valence-corrected chi connectivity index (χ4v) is 1.98. The molecular formula is C11H20N2O2. The average Bonchev–Trinajstić information content (AvgIpc) is 2.68. The minimum Gasteiger partial charge on any atom is -0.345 e. The van der Waals surface area contributed by atoms with Gasteiger partial charge in [-0.25, -0.2) is 0 Å². The summed E-state index contributed by atoms with van der Waals surface area (Å²) in [5.41, 5.74) is 5.41. The maximum atomic E-state index is 11.8. The summed E-state index contributed by atoms with van der Waals surface area (Å²) in [4.78, 5) is 23.1. The Hall–Kier alpha value is -0.900. The van der Waals surface area contributed by atoms with Crippen molar-refractivity contribution < 1.29 is 9.59 Å². The van der Waals surface area contributed by atoms with E-state index in [2.05, 4.69) is 5.32 Å². The molecule has 2 unspecified atom stereocenters. The van der Waals surface area contributed by atoms with Gasteiger partial charge in [-0.3, -0.25) is 9.59 Å². The van der Waals surface area contributed by atoms with Crippen LogP contribution in [-0.2, 0) is 9.59 Å². The van der Waals surface area contributed by atoms with E-state index < -0.39 is 12.1 Å². The molecule has 0 aromatic rings. The van der Waals surface area contributed by atoms with Crippen LogP contribution >= 0.6 is 0 Å². The fraction of sp³-hybridized carbons (Fsp3) is 0.818. The molecule has 3 N–H and O–H groups in total. The summed E-state index contributed by atoms with van der Waals surface area (Å²) in [5.74, 6) is 0.0451. The monoisotopic (exact) mass is 212 g/mol. The Morgan fingerprint density at radius 1 is 1.27 bits per heavy atom. The second-order valence-corrected chi connectivity index (χ2v) is 4.40. The minimum absolute atomic E-state index is 0.147. The third-order valence-electron chi connectivity index (χ3n) is 2.96. The molecule has 2 atom stereocenters. The second kappa shape index (κ2) is 5.26. The van der Waals surface area contributed by atoms with E-state index in [1.165, 1.54) is 0 Å². The van der Waals surface area contributed by atoms with Crippen molar-refractivity contribution in [2.75, 3.05) is 0 Å². The topological polar surface area (TPSA) is 72.2 Å². The van der Waals surface area contributed by atoms with E-state index in [0.717, 1.165) is 25.7 Å². The highest BCUT2D eigenvalue weighted by atomic mass is 16.2. The Balaban J connectivity index is 2.42. The predicted octanol–water partition coefficient (Wildman–Crippen LogP) is 0.598. The lowest BCUT2D eigenvalue weighted by Gasteiger charge is -2.17. The summed E-state index contributed by atoms with van der Waals surface area (Å²) in [6.45, 7) is 3.35. The van der Waals surface area contributed by atoms with Crippen LogP contribution in [0.15, 0.2) is 0 Å². The van der Waals surface area contributed by atoms with Gasteiger partial charge in [0.2, 0.25) is 5.91 Å². The summed E-state index contributed by atoms with van der Waals surface area (Å²) in [6.07, 6.45) is 4.20. The number of carbonyl (C=O) groups is 2. The molecule has 4 nitrogen and oxygen atoms in total. The first-order valence-electron chi connectivity index (χ1n) is 5.62. The molecule has 1 amide bonds. The number of nitrogens with two attached hydrogens (primary N) is 1. The Morgan fingerprint density at radius 2 is 1.80 bits per heavy atom. The molecule has 15 heavy (non-hydrogen) atoms. The number of carbonyl (C=O) groups excluding carboxylic acids is 2. The zero-order valence-electron chi connectivity index (χ0n) is 9.45. The quantitative estimate of drug-likeness (QED) is 0.716. The van der Waals surface area contributed by atoms with Gasteiger partial charge in [0.05, 0.1) is 12.1 Å². The summed E-state index contributed by atoms with van der Waals surface area (Å²) in [5, 5.41) is 2.64. The van der Waals surface area contributed by atoms with Crippen molar-refractivity contribution in [1.82, 2.24) is 5.32 Å². The number of rotatable bonds is 4. The number of ketones is 1. The summed E-state index contributed by atoms with van der Waals surface area (Å²) in [6, 6.07) is -0.949. The van der Waals surface area contributed by atoms with Gasteiger partial charge in [0.15, 0.2) is 5.78 Å². The molecule has 0 aromatic heterocycles. The fourth-order valence-electron chi connectivity index (χ4n) is 1.98. The van der Waals surface area contributed by atoms with Crippen LogP contribution in [0.5, 0.6) is 0 Å². The van der Waals surface area contributed by atoms with Crippen molar-refractivity contribution in [3.63, 3.8) is 0 Å². The lowest BCUT2D eigenvalue weighted by molar-refractivity contribution is -0.129. The first-order chi connectivity index (χ1) is 7.02. The van der Waals surface area contributed by atoms with Crippen molar-refractivity contribution in [2.24, 2.45) is 11.7 Å². The maximum absolute atomic E-state index is 11.8. The molecule has 0 radical (unpaired) electrons. The number of nitrogens with one attached hydrogen (secondary N) is 1.